The summed E-state index contributed by atoms with van der Waals surface area (Å²) in [6.07, 6.45) is 11.1. The Morgan fingerprint density at radius 1 is 1.13 bits per heavy atom. The monoisotopic (exact) mass is 412 g/mol. The first kappa shape index (κ1) is 21.1. The standard InChI is InChI=1S/C23H36N6O/c1-4-29-22-19(16-25-29)21(26-17(2)18-9-6-5-7-10-18)20(15-24-22)23(30)28-12-8-11-27(3)13-14-28/h15-18H,4-14H2,1-3H3,(H,24,26). The zero-order valence-electron chi connectivity index (χ0n) is 18.7. The summed E-state index contributed by atoms with van der Waals surface area (Å²) < 4.78 is 1.90. The van der Waals surface area contributed by atoms with E-state index in [1.165, 1.54) is 32.1 Å². The van der Waals surface area contributed by atoms with Crippen molar-refractivity contribution in [3.63, 3.8) is 0 Å². The maximum Gasteiger partial charge on any atom is 0.257 e. The third-order valence-electron chi connectivity index (χ3n) is 6.93. The third kappa shape index (κ3) is 4.31. The van der Waals surface area contributed by atoms with Crippen LogP contribution in [0, 0.1) is 5.92 Å². The first-order valence-corrected chi connectivity index (χ1v) is 11.7. The number of carbonyl (C=O) groups excluding carboxylic acids is 1. The number of fused-ring (bicyclic) bond motifs is 1. The van der Waals surface area contributed by atoms with E-state index < -0.39 is 0 Å². The lowest BCUT2D eigenvalue weighted by atomic mass is 9.84. The van der Waals surface area contributed by atoms with Gasteiger partial charge in [-0.1, -0.05) is 19.3 Å². The van der Waals surface area contributed by atoms with Gasteiger partial charge in [0.15, 0.2) is 5.65 Å². The molecule has 2 aromatic rings. The maximum absolute atomic E-state index is 13.6. The van der Waals surface area contributed by atoms with E-state index in [0.717, 1.165) is 55.9 Å². The number of nitrogens with zero attached hydrogens (tertiary/aromatic N) is 5. The smallest absolute Gasteiger partial charge is 0.257 e. The molecule has 1 N–H and O–H groups in total. The molecule has 7 heteroatoms. The van der Waals surface area contributed by atoms with Crippen molar-refractivity contribution in [2.75, 3.05) is 38.5 Å². The van der Waals surface area contributed by atoms with Crippen LogP contribution in [0.2, 0.25) is 0 Å². The Hall–Kier alpha value is -2.15. The summed E-state index contributed by atoms with van der Waals surface area (Å²) >= 11 is 0. The maximum atomic E-state index is 13.6. The van der Waals surface area contributed by atoms with Crippen molar-refractivity contribution in [2.24, 2.45) is 5.92 Å². The molecule has 7 nitrogen and oxygen atoms in total. The molecule has 1 saturated heterocycles. The van der Waals surface area contributed by atoms with Gasteiger partial charge in [-0.05, 0) is 52.6 Å². The number of hydrogen-bond acceptors (Lipinski definition) is 5. The molecular formula is C23H36N6O. The Labute approximate surface area is 179 Å². The van der Waals surface area contributed by atoms with Gasteiger partial charge in [0.25, 0.3) is 5.91 Å². The van der Waals surface area contributed by atoms with Crippen molar-refractivity contribution in [1.29, 1.82) is 0 Å². The van der Waals surface area contributed by atoms with Crippen LogP contribution in [0.25, 0.3) is 11.0 Å². The van der Waals surface area contributed by atoms with Crippen molar-refractivity contribution in [1.82, 2.24) is 24.6 Å². The number of hydrogen-bond donors (Lipinski definition) is 1. The second-order valence-corrected chi connectivity index (χ2v) is 9.02. The fourth-order valence-corrected chi connectivity index (χ4v) is 4.98. The van der Waals surface area contributed by atoms with Crippen LogP contribution in [0.4, 0.5) is 5.69 Å². The van der Waals surface area contributed by atoms with E-state index in [4.69, 9.17) is 0 Å². The van der Waals surface area contributed by atoms with Gasteiger partial charge in [0.05, 0.1) is 22.8 Å². The Balaban J connectivity index is 1.67. The van der Waals surface area contributed by atoms with E-state index in [2.05, 4.69) is 41.2 Å². The minimum atomic E-state index is 0.0855. The highest BCUT2D eigenvalue weighted by Gasteiger charge is 2.27. The summed E-state index contributed by atoms with van der Waals surface area (Å²) in [5, 5.41) is 9.22. The second kappa shape index (κ2) is 9.33. The van der Waals surface area contributed by atoms with Gasteiger partial charge in [-0.2, -0.15) is 5.10 Å². The molecular weight excluding hydrogens is 376 g/mol. The Kier molecular flexibility index (Phi) is 6.56. The quantitative estimate of drug-likeness (QED) is 0.813. The van der Waals surface area contributed by atoms with Crippen LogP contribution in [0.1, 0.15) is 62.7 Å². The van der Waals surface area contributed by atoms with Gasteiger partial charge >= 0.3 is 0 Å². The molecule has 0 spiro atoms. The molecule has 1 atom stereocenters. The summed E-state index contributed by atoms with van der Waals surface area (Å²) in [6.45, 7) is 8.61. The van der Waals surface area contributed by atoms with Gasteiger partial charge < -0.3 is 15.1 Å². The Bertz CT molecular complexity index is 872. The normalized spacial score (nSPS) is 20.3. The average molecular weight is 413 g/mol. The SMILES string of the molecule is CCn1ncc2c(NC(C)C3CCCCC3)c(C(=O)N3CCCN(C)CC3)cnc21. The zero-order valence-corrected chi connectivity index (χ0v) is 18.7. The van der Waals surface area contributed by atoms with E-state index in [9.17, 15) is 4.79 Å². The molecule has 30 heavy (non-hydrogen) atoms. The summed E-state index contributed by atoms with van der Waals surface area (Å²) in [7, 11) is 2.12. The summed E-state index contributed by atoms with van der Waals surface area (Å²) in [5.41, 5.74) is 2.45. The Morgan fingerprint density at radius 2 is 1.93 bits per heavy atom. The fourth-order valence-electron chi connectivity index (χ4n) is 4.98. The lowest BCUT2D eigenvalue weighted by Gasteiger charge is -2.30. The van der Waals surface area contributed by atoms with Crippen LogP contribution < -0.4 is 5.32 Å². The molecule has 1 aliphatic heterocycles. The predicted molar refractivity (Wildman–Crippen MR) is 121 cm³/mol. The largest absolute Gasteiger partial charge is 0.381 e. The molecule has 2 aromatic heterocycles. The van der Waals surface area contributed by atoms with Crippen LogP contribution in [-0.4, -0.2) is 69.7 Å². The molecule has 1 aliphatic carbocycles. The van der Waals surface area contributed by atoms with Crippen molar-refractivity contribution in [3.05, 3.63) is 18.0 Å². The lowest BCUT2D eigenvalue weighted by Crippen LogP contribution is -2.36. The van der Waals surface area contributed by atoms with E-state index in [-0.39, 0.29) is 5.91 Å². The molecule has 1 unspecified atom stereocenters. The number of amides is 1. The number of aryl methyl sites for hydroxylation is 1. The summed E-state index contributed by atoms with van der Waals surface area (Å²) in [5.74, 6) is 0.736. The molecule has 0 bridgehead atoms. The fraction of sp³-hybridized carbons (Fsp3) is 0.696. The van der Waals surface area contributed by atoms with E-state index >= 15 is 0 Å². The number of carbonyl (C=O) groups is 1. The highest BCUT2D eigenvalue weighted by molar-refractivity contribution is 6.06. The van der Waals surface area contributed by atoms with Gasteiger partial charge in [-0.15, -0.1) is 0 Å². The van der Waals surface area contributed by atoms with Crippen LogP contribution in [-0.2, 0) is 6.54 Å². The predicted octanol–water partition coefficient (Wildman–Crippen LogP) is 3.61. The molecule has 1 saturated carbocycles. The van der Waals surface area contributed by atoms with E-state index in [1.54, 1.807) is 6.20 Å². The van der Waals surface area contributed by atoms with Gasteiger partial charge in [-0.25, -0.2) is 9.67 Å². The van der Waals surface area contributed by atoms with Crippen molar-refractivity contribution < 1.29 is 4.79 Å². The Morgan fingerprint density at radius 3 is 2.70 bits per heavy atom. The number of likely N-dealkylation sites (N-methyl/N-ethyl adjacent to an activating group) is 1. The molecule has 164 valence electrons. The number of nitrogens with one attached hydrogen (secondary N) is 1. The topological polar surface area (TPSA) is 66.3 Å². The lowest BCUT2D eigenvalue weighted by molar-refractivity contribution is 0.0763. The van der Waals surface area contributed by atoms with Gasteiger partial charge in [0, 0.05) is 38.4 Å². The molecule has 0 aromatic carbocycles. The molecule has 3 heterocycles. The summed E-state index contributed by atoms with van der Waals surface area (Å²) in [6, 6.07) is 0.322. The highest BCUT2D eigenvalue weighted by Crippen LogP contribution is 2.32. The molecule has 2 fully saturated rings. The van der Waals surface area contributed by atoms with Crippen LogP contribution in [0.3, 0.4) is 0 Å². The molecule has 4 rings (SSSR count). The van der Waals surface area contributed by atoms with Gasteiger partial charge in [-0.3, -0.25) is 4.79 Å². The van der Waals surface area contributed by atoms with Crippen molar-refractivity contribution >= 4 is 22.6 Å². The minimum absolute atomic E-state index is 0.0855. The molecule has 0 radical (unpaired) electrons. The van der Waals surface area contributed by atoms with Crippen LogP contribution >= 0.6 is 0 Å². The van der Waals surface area contributed by atoms with Crippen molar-refractivity contribution in [2.45, 2.75) is 65.0 Å². The summed E-state index contributed by atoms with van der Waals surface area (Å²) in [4.78, 5) is 22.5. The van der Waals surface area contributed by atoms with Crippen LogP contribution in [0.15, 0.2) is 12.4 Å². The van der Waals surface area contributed by atoms with Gasteiger partial charge in [0.1, 0.15) is 0 Å². The van der Waals surface area contributed by atoms with Gasteiger partial charge in [0.2, 0.25) is 0 Å². The highest BCUT2D eigenvalue weighted by atomic mass is 16.2. The number of aromatic nitrogens is 3. The number of pyridine rings is 1. The van der Waals surface area contributed by atoms with Crippen LogP contribution in [0.5, 0.6) is 0 Å². The second-order valence-electron chi connectivity index (χ2n) is 9.02. The van der Waals surface area contributed by atoms with Crippen molar-refractivity contribution in [3.8, 4) is 0 Å². The number of rotatable bonds is 5. The average Bonchev–Trinajstić information content (AvgIpc) is 3.07. The molecule has 1 amide bonds. The zero-order chi connectivity index (χ0) is 21.1. The van der Waals surface area contributed by atoms with E-state index in [1.807, 2.05) is 15.8 Å². The first-order valence-electron chi connectivity index (χ1n) is 11.7. The molecule has 2 aliphatic rings. The first-order chi connectivity index (χ1) is 14.6. The number of anilines is 1. The third-order valence-corrected chi connectivity index (χ3v) is 6.93. The van der Waals surface area contributed by atoms with E-state index in [0.29, 0.717) is 17.5 Å². The minimum Gasteiger partial charge on any atom is -0.381 e.